The van der Waals surface area contributed by atoms with Crippen molar-refractivity contribution in [2.75, 3.05) is 12.3 Å². The molecule has 0 amide bonds. The summed E-state index contributed by atoms with van der Waals surface area (Å²) in [5, 5.41) is 0. The molecule has 247 valence electrons. The molecule has 1 radical (unpaired) electrons. The zero-order valence-electron chi connectivity index (χ0n) is 29.8. The van der Waals surface area contributed by atoms with E-state index in [4.69, 9.17) is 0 Å². The molecule has 0 unspecified atom stereocenters. The molecule has 49 heavy (non-hydrogen) atoms. The molecular formula is C47H51PZr+. The van der Waals surface area contributed by atoms with E-state index in [1.165, 1.54) is 63.0 Å². The fourth-order valence-electron chi connectivity index (χ4n) is 6.02. The van der Waals surface area contributed by atoms with Crippen LogP contribution in [0.1, 0.15) is 58.4 Å². The second kappa shape index (κ2) is 20.7. The van der Waals surface area contributed by atoms with Crippen molar-refractivity contribution in [2.24, 2.45) is 0 Å². The summed E-state index contributed by atoms with van der Waals surface area (Å²) in [7, 11) is -0.285. The Labute approximate surface area is 317 Å². The number of benzene rings is 6. The van der Waals surface area contributed by atoms with E-state index in [1.54, 1.807) is 5.56 Å². The van der Waals surface area contributed by atoms with E-state index < -0.39 is 0 Å². The average Bonchev–Trinajstić information content (AvgIpc) is 3.49. The molecule has 0 aromatic heterocycles. The Hall–Kier alpha value is -3.76. The zero-order chi connectivity index (χ0) is 34.3. The van der Waals surface area contributed by atoms with Gasteiger partial charge in [0.15, 0.2) is 0 Å². The molecule has 0 heterocycles. The van der Waals surface area contributed by atoms with Gasteiger partial charge in [-0.3, -0.25) is 0 Å². The summed E-state index contributed by atoms with van der Waals surface area (Å²) in [5.74, 6) is 0. The molecule has 6 aromatic carbocycles. The van der Waals surface area contributed by atoms with Gasteiger partial charge in [-0.1, -0.05) is 78.4 Å². The van der Waals surface area contributed by atoms with E-state index in [-0.39, 0.29) is 34.1 Å². The van der Waals surface area contributed by atoms with Crippen molar-refractivity contribution in [2.45, 2.75) is 40.3 Å². The van der Waals surface area contributed by atoms with Gasteiger partial charge < -0.3 is 0 Å². The molecule has 0 bridgehead atoms. The predicted molar refractivity (Wildman–Crippen MR) is 215 cm³/mol. The maximum absolute atomic E-state index is 3.72. The molecule has 0 spiro atoms. The first-order valence-corrected chi connectivity index (χ1v) is 19.2. The van der Waals surface area contributed by atoms with Crippen LogP contribution in [0, 0.1) is 34.6 Å². The SMILES string of the molecule is CC[PH+](CC)Cc1ccccc1-c1ccc(C)c2c1Cc1cc(C)ccc1-2.[CH2-]c1ccccc1.[CH2-]c1ccccc1.[CH2-]c1ccccc1.[Zr+3]. The van der Waals surface area contributed by atoms with Crippen LogP contribution in [-0.2, 0) is 38.8 Å². The van der Waals surface area contributed by atoms with Crippen molar-refractivity contribution in [3.05, 3.63) is 211 Å². The van der Waals surface area contributed by atoms with Crippen LogP contribution in [0.2, 0.25) is 0 Å². The summed E-state index contributed by atoms with van der Waals surface area (Å²) in [4.78, 5) is 0. The van der Waals surface area contributed by atoms with E-state index >= 15 is 0 Å². The monoisotopic (exact) mass is 736 g/mol. The number of aryl methyl sites for hydroxylation is 2. The molecule has 2 heteroatoms. The van der Waals surface area contributed by atoms with Crippen LogP contribution >= 0.6 is 7.92 Å². The van der Waals surface area contributed by atoms with Gasteiger partial charge in [0.05, 0.1) is 18.5 Å². The van der Waals surface area contributed by atoms with Crippen LogP contribution in [0.4, 0.5) is 0 Å². The van der Waals surface area contributed by atoms with Crippen LogP contribution in [0.5, 0.6) is 0 Å². The third-order valence-electron chi connectivity index (χ3n) is 8.70. The normalized spacial score (nSPS) is 10.5. The van der Waals surface area contributed by atoms with Crippen molar-refractivity contribution in [3.8, 4) is 22.3 Å². The average molecular weight is 738 g/mol. The van der Waals surface area contributed by atoms with E-state index in [2.05, 4.69) is 103 Å². The van der Waals surface area contributed by atoms with E-state index in [1.807, 2.05) is 91.0 Å². The Balaban J connectivity index is 0.000000238. The minimum Gasteiger partial charge on any atom is -0.199 e. The van der Waals surface area contributed by atoms with Gasteiger partial charge in [-0.05, 0) is 78.6 Å². The first kappa shape index (κ1) is 39.7. The molecule has 0 N–H and O–H groups in total. The van der Waals surface area contributed by atoms with Gasteiger partial charge in [0.25, 0.3) is 0 Å². The Kier molecular flexibility index (Phi) is 16.8. The molecule has 6 aromatic rings. The summed E-state index contributed by atoms with van der Waals surface area (Å²) in [6.45, 7) is 20.4. The summed E-state index contributed by atoms with van der Waals surface area (Å²) >= 11 is 0. The predicted octanol–water partition coefficient (Wildman–Crippen LogP) is 12.9. The van der Waals surface area contributed by atoms with Crippen molar-refractivity contribution in [3.63, 3.8) is 0 Å². The largest absolute Gasteiger partial charge is 3.00 e. The second-order valence-electron chi connectivity index (χ2n) is 12.4. The van der Waals surface area contributed by atoms with Crippen LogP contribution in [0.25, 0.3) is 22.3 Å². The molecule has 0 nitrogen and oxygen atoms in total. The summed E-state index contributed by atoms with van der Waals surface area (Å²) in [5.41, 5.74) is 16.4. The second-order valence-corrected chi connectivity index (χ2v) is 15.6. The Morgan fingerprint density at radius 2 is 1.00 bits per heavy atom. The summed E-state index contributed by atoms with van der Waals surface area (Å²) in [6, 6.07) is 50.4. The molecule has 7 rings (SSSR count). The Morgan fingerprint density at radius 1 is 0.531 bits per heavy atom. The van der Waals surface area contributed by atoms with Crippen LogP contribution in [-0.4, -0.2) is 12.3 Å². The van der Waals surface area contributed by atoms with Gasteiger partial charge in [0.1, 0.15) is 0 Å². The zero-order valence-corrected chi connectivity index (χ0v) is 33.3. The summed E-state index contributed by atoms with van der Waals surface area (Å²) < 4.78 is 0. The molecular weight excluding hydrogens is 687 g/mol. The molecule has 0 atom stereocenters. The fraction of sp³-hybridized carbons (Fsp3) is 0.170. The van der Waals surface area contributed by atoms with Crippen molar-refractivity contribution in [1.29, 1.82) is 0 Å². The van der Waals surface area contributed by atoms with Crippen LogP contribution in [0.15, 0.2) is 146 Å². The van der Waals surface area contributed by atoms with Gasteiger partial charge in [0, 0.05) is 7.92 Å². The molecule has 0 aliphatic heterocycles. The standard InChI is InChI=1S/C26H29P.3C7H7.Zr/c1-5-27(6-2)17-20-9-7-8-10-22(20)24-14-12-19(4)26-23-13-11-18(3)15-21(23)16-25(24)26;3*1-7-5-3-2-4-6-7;/h7-15H,5-6,16-17H2,1-4H3;3*2-6H,1H2;/q;3*-1;+3/p+1. The van der Waals surface area contributed by atoms with Gasteiger partial charge in [-0.2, -0.15) is 73.9 Å². The number of hydrogen-bond donors (Lipinski definition) is 0. The number of fused-ring (bicyclic) bond motifs is 3. The first-order chi connectivity index (χ1) is 23.3. The van der Waals surface area contributed by atoms with Crippen molar-refractivity contribution >= 4 is 7.92 Å². The van der Waals surface area contributed by atoms with Crippen molar-refractivity contribution in [1.82, 2.24) is 0 Å². The molecule has 0 fully saturated rings. The topological polar surface area (TPSA) is 0 Å². The van der Waals surface area contributed by atoms with Gasteiger partial charge in [0.2, 0.25) is 0 Å². The molecule has 0 saturated heterocycles. The van der Waals surface area contributed by atoms with Gasteiger partial charge in [-0.15, -0.1) is 36.4 Å². The number of hydrogen-bond acceptors (Lipinski definition) is 0. The smallest absolute Gasteiger partial charge is 0.199 e. The van der Waals surface area contributed by atoms with Crippen molar-refractivity contribution < 1.29 is 26.2 Å². The summed E-state index contributed by atoms with van der Waals surface area (Å²) in [6.07, 6.45) is 5.05. The van der Waals surface area contributed by atoms with Crippen LogP contribution < -0.4 is 0 Å². The number of rotatable bonds is 5. The van der Waals surface area contributed by atoms with Gasteiger partial charge in [-0.25, -0.2) is 0 Å². The Morgan fingerprint density at radius 3 is 1.47 bits per heavy atom. The first-order valence-electron chi connectivity index (χ1n) is 17.1. The maximum Gasteiger partial charge on any atom is 3.00 e. The van der Waals surface area contributed by atoms with Gasteiger partial charge >= 0.3 is 26.2 Å². The molecule has 1 aliphatic carbocycles. The molecule has 0 saturated carbocycles. The minimum atomic E-state index is -0.285. The maximum atomic E-state index is 3.72. The fourth-order valence-corrected chi connectivity index (χ4v) is 7.87. The molecule has 1 aliphatic rings. The van der Waals surface area contributed by atoms with E-state index in [9.17, 15) is 0 Å². The van der Waals surface area contributed by atoms with Crippen LogP contribution in [0.3, 0.4) is 0 Å². The Bertz CT molecular complexity index is 1730. The third kappa shape index (κ3) is 12.0. The quantitative estimate of drug-likeness (QED) is 0.122. The van der Waals surface area contributed by atoms with E-state index in [0.29, 0.717) is 0 Å². The van der Waals surface area contributed by atoms with E-state index in [0.717, 1.165) is 23.1 Å². The minimum absolute atomic E-state index is 0. The third-order valence-corrected chi connectivity index (χ3v) is 11.6.